The monoisotopic (exact) mass is 444 g/mol. The molecule has 0 bridgehead atoms. The highest BCUT2D eigenvalue weighted by molar-refractivity contribution is 9.09. The summed E-state index contributed by atoms with van der Waals surface area (Å²) in [5.74, 6) is 0. The lowest BCUT2D eigenvalue weighted by Gasteiger charge is -2.17. The number of hydrogen-bond acceptors (Lipinski definition) is 2. The largest absolute Gasteiger partial charge is 0.352 e. The van der Waals surface area contributed by atoms with E-state index in [9.17, 15) is 0 Å². The molecular formula is C24H45BrO2. The summed E-state index contributed by atoms with van der Waals surface area (Å²) >= 11 is 3.50. The second-order valence-electron chi connectivity index (χ2n) is 7.25. The predicted molar refractivity (Wildman–Crippen MR) is 124 cm³/mol. The second kappa shape index (κ2) is 23.9. The number of alkyl halides is 1. The van der Waals surface area contributed by atoms with Crippen LogP contribution in [0.5, 0.6) is 0 Å². The average Bonchev–Trinajstić information content (AvgIpc) is 2.68. The van der Waals surface area contributed by atoms with Gasteiger partial charge in [0.15, 0.2) is 6.29 Å². The van der Waals surface area contributed by atoms with Gasteiger partial charge in [0.25, 0.3) is 0 Å². The third-order valence-corrected chi connectivity index (χ3v) is 5.13. The molecule has 27 heavy (non-hydrogen) atoms. The van der Waals surface area contributed by atoms with Gasteiger partial charge in [0.1, 0.15) is 0 Å². The predicted octanol–water partition coefficient (Wildman–Crippen LogP) is 8.35. The van der Waals surface area contributed by atoms with Gasteiger partial charge in [-0.2, -0.15) is 0 Å². The minimum absolute atomic E-state index is 0.0530. The fourth-order valence-corrected chi connectivity index (χ4v) is 3.23. The van der Waals surface area contributed by atoms with Gasteiger partial charge in [0, 0.05) is 5.33 Å². The fraction of sp³-hybridized carbons (Fsp3) is 0.833. The van der Waals surface area contributed by atoms with Crippen LogP contribution in [0.15, 0.2) is 24.3 Å². The summed E-state index contributed by atoms with van der Waals surface area (Å²) in [6.45, 7) is 5.92. The Morgan fingerprint density at radius 3 is 2.11 bits per heavy atom. The Hall–Kier alpha value is -0.120. The molecule has 1 unspecified atom stereocenters. The van der Waals surface area contributed by atoms with Crippen molar-refractivity contribution in [2.24, 2.45) is 0 Å². The van der Waals surface area contributed by atoms with Crippen LogP contribution >= 0.6 is 15.9 Å². The second-order valence-corrected chi connectivity index (χ2v) is 8.04. The number of halogens is 1. The average molecular weight is 446 g/mol. The Morgan fingerprint density at radius 1 is 0.667 bits per heavy atom. The van der Waals surface area contributed by atoms with Crippen LogP contribution in [0.25, 0.3) is 0 Å². The molecule has 0 spiro atoms. The van der Waals surface area contributed by atoms with E-state index in [1.54, 1.807) is 0 Å². The SMILES string of the molecule is CCCC/C=C\CCOC(CCCCCCBr)OC/C=C\CCCCCC. The first-order chi connectivity index (χ1) is 13.3. The van der Waals surface area contributed by atoms with Crippen LogP contribution in [-0.4, -0.2) is 24.8 Å². The van der Waals surface area contributed by atoms with Gasteiger partial charge >= 0.3 is 0 Å². The van der Waals surface area contributed by atoms with Gasteiger partial charge in [-0.3, -0.25) is 0 Å². The highest BCUT2D eigenvalue weighted by Gasteiger charge is 2.08. The van der Waals surface area contributed by atoms with E-state index in [1.807, 2.05) is 0 Å². The number of ether oxygens (including phenoxy) is 2. The van der Waals surface area contributed by atoms with E-state index in [0.29, 0.717) is 6.61 Å². The van der Waals surface area contributed by atoms with E-state index >= 15 is 0 Å². The molecule has 0 aliphatic rings. The zero-order chi connectivity index (χ0) is 19.8. The number of hydrogen-bond donors (Lipinski definition) is 0. The molecule has 0 aromatic heterocycles. The van der Waals surface area contributed by atoms with E-state index in [-0.39, 0.29) is 6.29 Å². The molecule has 0 saturated carbocycles. The Morgan fingerprint density at radius 2 is 1.33 bits per heavy atom. The molecule has 0 aliphatic heterocycles. The van der Waals surface area contributed by atoms with Crippen molar-refractivity contribution >= 4 is 15.9 Å². The Labute approximate surface area is 178 Å². The minimum Gasteiger partial charge on any atom is -0.352 e. The molecule has 0 saturated heterocycles. The van der Waals surface area contributed by atoms with Gasteiger partial charge in [-0.1, -0.05) is 99.0 Å². The third kappa shape index (κ3) is 22.0. The summed E-state index contributed by atoms with van der Waals surface area (Å²) in [6.07, 6.45) is 26.1. The van der Waals surface area contributed by atoms with Crippen LogP contribution in [0.4, 0.5) is 0 Å². The van der Waals surface area contributed by atoms with Crippen molar-refractivity contribution in [2.45, 2.75) is 110 Å². The molecule has 160 valence electrons. The summed E-state index contributed by atoms with van der Waals surface area (Å²) < 4.78 is 12.0. The smallest absolute Gasteiger partial charge is 0.158 e. The van der Waals surface area contributed by atoms with E-state index in [4.69, 9.17) is 9.47 Å². The van der Waals surface area contributed by atoms with Crippen LogP contribution in [0.3, 0.4) is 0 Å². The molecule has 0 rings (SSSR count). The van der Waals surface area contributed by atoms with Crippen molar-refractivity contribution in [3.05, 3.63) is 24.3 Å². The zero-order valence-corrected chi connectivity index (χ0v) is 19.7. The summed E-state index contributed by atoms with van der Waals surface area (Å²) in [7, 11) is 0. The molecule has 0 heterocycles. The molecule has 0 radical (unpaired) electrons. The minimum atomic E-state index is -0.0530. The molecule has 0 aromatic rings. The Balaban J connectivity index is 3.94. The lowest BCUT2D eigenvalue weighted by atomic mass is 10.1. The van der Waals surface area contributed by atoms with Crippen molar-refractivity contribution < 1.29 is 9.47 Å². The van der Waals surface area contributed by atoms with Gasteiger partial charge in [-0.05, 0) is 44.9 Å². The van der Waals surface area contributed by atoms with Crippen molar-refractivity contribution in [1.82, 2.24) is 0 Å². The molecule has 0 N–H and O–H groups in total. The van der Waals surface area contributed by atoms with Crippen molar-refractivity contribution in [3.63, 3.8) is 0 Å². The van der Waals surface area contributed by atoms with Gasteiger partial charge in [-0.15, -0.1) is 0 Å². The van der Waals surface area contributed by atoms with Crippen LogP contribution in [-0.2, 0) is 9.47 Å². The quantitative estimate of drug-likeness (QED) is 0.0765. The van der Waals surface area contributed by atoms with Crippen molar-refractivity contribution in [3.8, 4) is 0 Å². The lowest BCUT2D eigenvalue weighted by Crippen LogP contribution is -2.18. The molecule has 0 amide bonds. The zero-order valence-electron chi connectivity index (χ0n) is 18.1. The molecule has 2 nitrogen and oxygen atoms in total. The maximum atomic E-state index is 6.00. The fourth-order valence-electron chi connectivity index (χ4n) is 2.84. The lowest BCUT2D eigenvalue weighted by molar-refractivity contribution is -0.138. The van der Waals surface area contributed by atoms with Crippen LogP contribution in [0.1, 0.15) is 104 Å². The summed E-state index contributed by atoms with van der Waals surface area (Å²) in [6, 6.07) is 0. The highest BCUT2D eigenvalue weighted by atomic mass is 79.9. The molecule has 3 heteroatoms. The first-order valence-corrected chi connectivity index (χ1v) is 12.6. The standard InChI is InChI=1S/C24H45BrO2/c1-3-5-7-9-11-15-19-23-27-24(20-16-12-13-17-21-25)26-22-18-14-10-8-6-4-2/h10,14-15,19,24H,3-9,11-13,16-18,20-23H2,1-2H3/b14-10-,19-15-. The molecule has 0 aromatic carbocycles. The van der Waals surface area contributed by atoms with Gasteiger partial charge in [-0.25, -0.2) is 0 Å². The van der Waals surface area contributed by atoms with Crippen molar-refractivity contribution in [2.75, 3.05) is 18.5 Å². The van der Waals surface area contributed by atoms with Gasteiger partial charge < -0.3 is 9.47 Å². The molecule has 0 aliphatic carbocycles. The number of unbranched alkanes of at least 4 members (excludes halogenated alkanes) is 9. The van der Waals surface area contributed by atoms with E-state index in [1.165, 1.54) is 77.0 Å². The first-order valence-electron chi connectivity index (χ1n) is 11.4. The molecular weight excluding hydrogens is 400 g/mol. The highest BCUT2D eigenvalue weighted by Crippen LogP contribution is 2.11. The number of allylic oxidation sites excluding steroid dienone is 2. The molecule has 0 fully saturated rings. The van der Waals surface area contributed by atoms with Crippen LogP contribution < -0.4 is 0 Å². The summed E-state index contributed by atoms with van der Waals surface area (Å²) in [5.41, 5.74) is 0. The molecule has 1 atom stereocenters. The first kappa shape index (κ1) is 26.9. The summed E-state index contributed by atoms with van der Waals surface area (Å²) in [4.78, 5) is 0. The van der Waals surface area contributed by atoms with Crippen molar-refractivity contribution in [1.29, 1.82) is 0 Å². The maximum Gasteiger partial charge on any atom is 0.158 e. The Bertz CT molecular complexity index is 328. The number of rotatable bonds is 21. The van der Waals surface area contributed by atoms with E-state index < -0.39 is 0 Å². The van der Waals surface area contributed by atoms with Crippen LogP contribution in [0, 0.1) is 0 Å². The Kier molecular flexibility index (Phi) is 23.8. The van der Waals surface area contributed by atoms with Gasteiger partial charge in [0.2, 0.25) is 0 Å². The van der Waals surface area contributed by atoms with E-state index in [2.05, 4.69) is 54.1 Å². The topological polar surface area (TPSA) is 18.5 Å². The normalized spacial score (nSPS) is 13.1. The summed E-state index contributed by atoms with van der Waals surface area (Å²) in [5, 5.41) is 1.11. The van der Waals surface area contributed by atoms with Crippen LogP contribution in [0.2, 0.25) is 0 Å². The maximum absolute atomic E-state index is 6.00. The van der Waals surface area contributed by atoms with E-state index in [0.717, 1.165) is 24.8 Å². The van der Waals surface area contributed by atoms with Gasteiger partial charge in [0.05, 0.1) is 13.2 Å². The third-order valence-electron chi connectivity index (χ3n) is 4.57.